The average molecular weight is 113 g/mol. The van der Waals surface area contributed by atoms with Crippen molar-refractivity contribution in [3.8, 4) is 0 Å². The molecule has 0 aromatic carbocycles. The fourth-order valence-electron chi connectivity index (χ4n) is 0.322. The molecule has 0 aliphatic rings. The maximum absolute atomic E-state index is 3.82. The number of nitrogens with one attached hydrogen (secondary N) is 1. The Morgan fingerprint density at radius 2 is 2.86 bits per heavy atom. The minimum Gasteiger partial charge on any atom is -0.284 e. The molecule has 0 aliphatic carbocycles. The third-order valence-corrected chi connectivity index (χ3v) is 1.22. The number of aromatic nitrogens is 2. The summed E-state index contributed by atoms with van der Waals surface area (Å²) in [6.07, 6.45) is 3.65. The van der Waals surface area contributed by atoms with Crippen molar-refractivity contribution < 1.29 is 0 Å². The van der Waals surface area contributed by atoms with Gasteiger partial charge in [0.05, 0.1) is 0 Å². The van der Waals surface area contributed by atoms with Crippen molar-refractivity contribution in [2.24, 2.45) is 0 Å². The lowest BCUT2D eigenvalue weighted by Crippen LogP contribution is -1.65. The van der Waals surface area contributed by atoms with Crippen LogP contribution in [0.5, 0.6) is 0 Å². The molecule has 0 saturated heterocycles. The molecule has 3 heteroatoms. The molecule has 0 amide bonds. The first-order chi connectivity index (χ1) is 3.43. The van der Waals surface area contributed by atoms with Crippen LogP contribution in [0, 0.1) is 6.07 Å². The lowest BCUT2D eigenvalue weighted by Gasteiger charge is -1.76. The minimum atomic E-state index is 0.917. The van der Waals surface area contributed by atoms with Crippen LogP contribution in [-0.2, 0) is 0 Å². The first kappa shape index (κ1) is 4.71. The van der Waals surface area contributed by atoms with E-state index < -0.39 is 0 Å². The molecule has 0 atom stereocenters. The molecular weight excluding hydrogens is 108 g/mol. The van der Waals surface area contributed by atoms with Gasteiger partial charge < -0.3 is 0 Å². The van der Waals surface area contributed by atoms with Crippen LogP contribution in [0.1, 0.15) is 0 Å². The number of rotatable bonds is 1. The smallest absolute Gasteiger partial charge is 0.126 e. The second-order valence-electron chi connectivity index (χ2n) is 1.04. The molecule has 37 valence electrons. The maximum Gasteiger partial charge on any atom is 0.126 e. The van der Waals surface area contributed by atoms with Crippen LogP contribution in [0.2, 0.25) is 0 Å². The zero-order chi connectivity index (χ0) is 5.11. The SMILES string of the molecule is CSc1[c]c[nH]n1. The molecule has 0 saturated carbocycles. The predicted molar refractivity (Wildman–Crippen MR) is 29.2 cm³/mol. The van der Waals surface area contributed by atoms with Crippen LogP contribution in [0.3, 0.4) is 0 Å². The topological polar surface area (TPSA) is 28.7 Å². The lowest BCUT2D eigenvalue weighted by molar-refractivity contribution is 1.00. The number of hydrogen-bond acceptors (Lipinski definition) is 2. The van der Waals surface area contributed by atoms with E-state index >= 15 is 0 Å². The first-order valence-electron chi connectivity index (χ1n) is 1.89. The zero-order valence-electron chi connectivity index (χ0n) is 3.93. The normalized spacial score (nSPS) is 9.29. The molecule has 7 heavy (non-hydrogen) atoms. The van der Waals surface area contributed by atoms with Gasteiger partial charge in [0, 0.05) is 12.3 Å². The van der Waals surface area contributed by atoms with Gasteiger partial charge in [0.2, 0.25) is 0 Å². The van der Waals surface area contributed by atoms with Crippen molar-refractivity contribution in [2.45, 2.75) is 5.03 Å². The molecular formula is C4H5N2S. The molecule has 2 nitrogen and oxygen atoms in total. The molecule has 0 bridgehead atoms. The van der Waals surface area contributed by atoms with Gasteiger partial charge in [0.1, 0.15) is 5.03 Å². The quantitative estimate of drug-likeness (QED) is 0.549. The van der Waals surface area contributed by atoms with E-state index in [2.05, 4.69) is 16.3 Å². The van der Waals surface area contributed by atoms with Crippen molar-refractivity contribution in [1.29, 1.82) is 0 Å². The Balaban J connectivity index is 2.76. The number of nitrogens with zero attached hydrogens (tertiary/aromatic N) is 1. The van der Waals surface area contributed by atoms with Crippen LogP contribution in [0.25, 0.3) is 0 Å². The van der Waals surface area contributed by atoms with Crippen molar-refractivity contribution >= 4 is 11.8 Å². The van der Waals surface area contributed by atoms with Crippen molar-refractivity contribution in [1.82, 2.24) is 10.2 Å². The summed E-state index contributed by atoms with van der Waals surface area (Å²) >= 11 is 1.58. The minimum absolute atomic E-state index is 0.917. The van der Waals surface area contributed by atoms with Gasteiger partial charge in [0.25, 0.3) is 0 Å². The van der Waals surface area contributed by atoms with Gasteiger partial charge >= 0.3 is 0 Å². The van der Waals surface area contributed by atoms with Crippen LogP contribution >= 0.6 is 11.8 Å². The van der Waals surface area contributed by atoms with E-state index in [0.717, 1.165) is 5.03 Å². The van der Waals surface area contributed by atoms with Crippen LogP contribution in [-0.4, -0.2) is 16.5 Å². The number of H-pyrrole nitrogens is 1. The average Bonchev–Trinajstić information content (AvgIpc) is 2.14. The Hall–Kier alpha value is -0.440. The van der Waals surface area contributed by atoms with Gasteiger partial charge in [-0.3, -0.25) is 5.10 Å². The van der Waals surface area contributed by atoms with E-state index in [1.54, 1.807) is 18.0 Å². The zero-order valence-corrected chi connectivity index (χ0v) is 4.75. The molecule has 1 heterocycles. The van der Waals surface area contributed by atoms with Crippen LogP contribution in [0.15, 0.2) is 11.2 Å². The number of hydrogen-bond donors (Lipinski definition) is 1. The Morgan fingerprint density at radius 3 is 3.14 bits per heavy atom. The molecule has 0 fully saturated rings. The summed E-state index contributed by atoms with van der Waals surface area (Å²) < 4.78 is 0. The largest absolute Gasteiger partial charge is 0.284 e. The molecule has 1 aromatic heterocycles. The Bertz CT molecular complexity index is 124. The highest BCUT2D eigenvalue weighted by molar-refractivity contribution is 7.98. The van der Waals surface area contributed by atoms with Gasteiger partial charge in [-0.2, -0.15) is 5.10 Å². The summed E-state index contributed by atoms with van der Waals surface area (Å²) in [7, 11) is 0. The third kappa shape index (κ3) is 0.962. The van der Waals surface area contributed by atoms with E-state index in [0.29, 0.717) is 0 Å². The van der Waals surface area contributed by atoms with E-state index in [4.69, 9.17) is 0 Å². The standard InChI is InChI=1S/C4H5N2S/c1-7-4-2-3-5-6-4/h3H,1H3,(H,5,6). The molecule has 1 radical (unpaired) electrons. The maximum atomic E-state index is 3.82. The Labute approximate surface area is 46.3 Å². The molecule has 0 aliphatic heterocycles. The second kappa shape index (κ2) is 2.02. The van der Waals surface area contributed by atoms with E-state index in [1.165, 1.54) is 0 Å². The fourth-order valence-corrected chi connectivity index (χ4v) is 0.643. The first-order valence-corrected chi connectivity index (χ1v) is 3.11. The highest BCUT2D eigenvalue weighted by Gasteiger charge is 1.85. The van der Waals surface area contributed by atoms with Gasteiger partial charge in [-0.25, -0.2) is 0 Å². The van der Waals surface area contributed by atoms with Gasteiger partial charge in [-0.05, 0) is 6.26 Å². The van der Waals surface area contributed by atoms with Gasteiger partial charge in [-0.15, -0.1) is 11.8 Å². The third-order valence-electron chi connectivity index (χ3n) is 0.620. The van der Waals surface area contributed by atoms with Gasteiger partial charge in [0.15, 0.2) is 0 Å². The van der Waals surface area contributed by atoms with E-state index in [9.17, 15) is 0 Å². The summed E-state index contributed by atoms with van der Waals surface area (Å²) in [5, 5.41) is 7.39. The van der Waals surface area contributed by atoms with E-state index in [1.807, 2.05) is 6.26 Å². The summed E-state index contributed by atoms with van der Waals surface area (Å²) in [6, 6.07) is 2.88. The summed E-state index contributed by atoms with van der Waals surface area (Å²) in [4.78, 5) is 0. The predicted octanol–water partition coefficient (Wildman–Crippen LogP) is 0.932. The molecule has 1 N–H and O–H groups in total. The van der Waals surface area contributed by atoms with Crippen molar-refractivity contribution in [3.63, 3.8) is 0 Å². The van der Waals surface area contributed by atoms with Gasteiger partial charge in [-0.1, -0.05) is 0 Å². The summed E-state index contributed by atoms with van der Waals surface area (Å²) in [5.74, 6) is 0. The molecule has 0 unspecified atom stereocenters. The highest BCUT2D eigenvalue weighted by Crippen LogP contribution is 2.05. The molecule has 1 aromatic rings. The van der Waals surface area contributed by atoms with Crippen molar-refractivity contribution in [2.75, 3.05) is 6.26 Å². The summed E-state index contributed by atoms with van der Waals surface area (Å²) in [5.41, 5.74) is 0. The number of thioether (sulfide) groups is 1. The van der Waals surface area contributed by atoms with Crippen LogP contribution < -0.4 is 0 Å². The number of aromatic amines is 1. The second-order valence-corrected chi connectivity index (χ2v) is 1.83. The highest BCUT2D eigenvalue weighted by atomic mass is 32.2. The van der Waals surface area contributed by atoms with Crippen molar-refractivity contribution in [3.05, 3.63) is 12.3 Å². The molecule has 1 rings (SSSR count). The molecule has 0 spiro atoms. The monoisotopic (exact) mass is 113 g/mol. The lowest BCUT2D eigenvalue weighted by atomic mass is 10.8. The van der Waals surface area contributed by atoms with Crippen LogP contribution in [0.4, 0.5) is 0 Å². The summed E-state index contributed by atoms with van der Waals surface area (Å²) in [6.45, 7) is 0. The van der Waals surface area contributed by atoms with E-state index in [-0.39, 0.29) is 0 Å². The fraction of sp³-hybridized carbons (Fsp3) is 0.250. The Kier molecular flexibility index (Phi) is 1.36. The Morgan fingerprint density at radius 1 is 2.00 bits per heavy atom.